The van der Waals surface area contributed by atoms with E-state index >= 15 is 0 Å². The molecule has 6 rings (SSSR count). The van der Waals surface area contributed by atoms with Crippen molar-refractivity contribution in [3.8, 4) is 17.9 Å². The number of halogens is 1. The van der Waals surface area contributed by atoms with Crippen LogP contribution in [0.2, 0.25) is 5.02 Å². The Kier molecular flexibility index (Phi) is 6.07. The van der Waals surface area contributed by atoms with Crippen molar-refractivity contribution in [2.24, 2.45) is 7.05 Å². The lowest BCUT2D eigenvalue weighted by Gasteiger charge is -2.23. The molecule has 39 heavy (non-hydrogen) atoms. The van der Waals surface area contributed by atoms with Gasteiger partial charge in [0.15, 0.2) is 0 Å². The van der Waals surface area contributed by atoms with Gasteiger partial charge < -0.3 is 10.6 Å². The average Bonchev–Trinajstić information content (AvgIpc) is 3.71. The Morgan fingerprint density at radius 1 is 1.10 bits per heavy atom. The maximum atomic E-state index is 13.8. The summed E-state index contributed by atoms with van der Waals surface area (Å²) in [6.45, 7) is 0.348. The van der Waals surface area contributed by atoms with Gasteiger partial charge in [-0.1, -0.05) is 23.4 Å². The van der Waals surface area contributed by atoms with Gasteiger partial charge in [-0.3, -0.25) is 19.4 Å². The highest BCUT2D eigenvalue weighted by Gasteiger charge is 2.34. The highest BCUT2D eigenvalue weighted by molar-refractivity contribution is 6.35. The SMILES string of the molecule is Cn1ncc2c(N)nc3cc(Cl)c(C(=O)N(Cc4ccc(C#Cc5cncc(C#N)c5)cn4)C4CC4)cc3c21. The Morgan fingerprint density at radius 2 is 1.90 bits per heavy atom. The molecule has 1 saturated carbocycles. The summed E-state index contributed by atoms with van der Waals surface area (Å²) in [4.78, 5) is 28.7. The quantitative estimate of drug-likeness (QED) is 0.343. The second kappa shape index (κ2) is 9.71. The molecule has 1 fully saturated rings. The first-order valence-corrected chi connectivity index (χ1v) is 12.6. The Hall–Kier alpha value is -4.99. The van der Waals surface area contributed by atoms with E-state index in [0.29, 0.717) is 39.6 Å². The highest BCUT2D eigenvalue weighted by atomic mass is 35.5. The van der Waals surface area contributed by atoms with Crippen LogP contribution in [0, 0.1) is 23.2 Å². The molecule has 10 heteroatoms. The standard InChI is InChI=1S/C29H21ClN8O/c1-37-27-23-9-22(25(30)10-26(23)36-28(32)24(27)15-35-37)29(39)38(21-6-7-21)16-20-5-4-17(14-34-20)2-3-18-8-19(11-31)13-33-12-18/h4-5,8-10,12-15,21H,6-7,16H2,1H3,(H2,32,36). The van der Waals surface area contributed by atoms with E-state index in [4.69, 9.17) is 22.6 Å². The smallest absolute Gasteiger partial charge is 0.255 e. The molecular weight excluding hydrogens is 512 g/mol. The largest absolute Gasteiger partial charge is 0.383 e. The molecule has 0 unspecified atom stereocenters. The lowest BCUT2D eigenvalue weighted by Crippen LogP contribution is -2.33. The highest BCUT2D eigenvalue weighted by Crippen LogP contribution is 2.34. The van der Waals surface area contributed by atoms with Crippen molar-refractivity contribution in [2.75, 3.05) is 5.73 Å². The predicted molar refractivity (Wildman–Crippen MR) is 148 cm³/mol. The van der Waals surface area contributed by atoms with Crippen LogP contribution in [0.1, 0.15) is 45.6 Å². The number of nitrogen functional groups attached to an aromatic ring is 1. The summed E-state index contributed by atoms with van der Waals surface area (Å²) < 4.78 is 1.72. The number of aryl methyl sites for hydroxylation is 1. The number of nitrogens with zero attached hydrogens (tertiary/aromatic N) is 7. The molecule has 4 aromatic heterocycles. The molecule has 2 N–H and O–H groups in total. The second-order valence-corrected chi connectivity index (χ2v) is 9.81. The number of nitrogens with two attached hydrogens (primary N) is 1. The van der Waals surface area contributed by atoms with E-state index in [1.54, 1.807) is 41.5 Å². The first-order chi connectivity index (χ1) is 18.9. The van der Waals surface area contributed by atoms with Gasteiger partial charge in [0.1, 0.15) is 11.9 Å². The number of nitriles is 1. The van der Waals surface area contributed by atoms with E-state index in [9.17, 15) is 4.79 Å². The summed E-state index contributed by atoms with van der Waals surface area (Å²) in [5.41, 5.74) is 10.5. The number of hydrogen-bond donors (Lipinski definition) is 1. The van der Waals surface area contributed by atoms with Crippen molar-refractivity contribution in [1.82, 2.24) is 29.6 Å². The first kappa shape index (κ1) is 24.4. The van der Waals surface area contributed by atoms with E-state index in [1.165, 1.54) is 6.20 Å². The zero-order chi connectivity index (χ0) is 27.1. The van der Waals surface area contributed by atoms with E-state index in [2.05, 4.69) is 38.0 Å². The topological polar surface area (TPSA) is 127 Å². The van der Waals surface area contributed by atoms with E-state index in [-0.39, 0.29) is 11.9 Å². The number of fused-ring (bicyclic) bond motifs is 3. The summed E-state index contributed by atoms with van der Waals surface area (Å²) in [5.74, 6) is 6.25. The number of anilines is 1. The summed E-state index contributed by atoms with van der Waals surface area (Å²) in [6.07, 6.45) is 8.31. The van der Waals surface area contributed by atoms with Crippen LogP contribution < -0.4 is 5.73 Å². The zero-order valence-corrected chi connectivity index (χ0v) is 21.6. The van der Waals surface area contributed by atoms with Gasteiger partial charge in [0.2, 0.25) is 0 Å². The summed E-state index contributed by atoms with van der Waals surface area (Å²) >= 11 is 6.61. The lowest BCUT2D eigenvalue weighted by atomic mass is 10.1. The van der Waals surface area contributed by atoms with E-state index in [1.807, 2.05) is 24.1 Å². The normalized spacial score (nSPS) is 12.6. The van der Waals surface area contributed by atoms with Crippen molar-refractivity contribution in [3.63, 3.8) is 0 Å². The maximum absolute atomic E-state index is 13.8. The maximum Gasteiger partial charge on any atom is 0.255 e. The Labute approximate surface area is 228 Å². The van der Waals surface area contributed by atoms with Gasteiger partial charge in [0, 0.05) is 48.2 Å². The fourth-order valence-electron chi connectivity index (χ4n) is 4.53. The molecule has 190 valence electrons. The molecule has 1 aromatic carbocycles. The minimum absolute atomic E-state index is 0.131. The summed E-state index contributed by atoms with van der Waals surface area (Å²) in [5, 5.41) is 15.1. The van der Waals surface area contributed by atoms with E-state index in [0.717, 1.165) is 40.4 Å². The summed E-state index contributed by atoms with van der Waals surface area (Å²) in [6, 6.07) is 11.1. The number of hydrogen-bond acceptors (Lipinski definition) is 7. The second-order valence-electron chi connectivity index (χ2n) is 9.40. The molecule has 0 radical (unpaired) electrons. The fourth-order valence-corrected chi connectivity index (χ4v) is 4.77. The van der Waals surface area contributed by atoms with Crippen LogP contribution in [0.15, 0.2) is 55.1 Å². The minimum atomic E-state index is -0.160. The van der Waals surface area contributed by atoms with Crippen LogP contribution in [-0.4, -0.2) is 41.6 Å². The van der Waals surface area contributed by atoms with Crippen LogP contribution in [-0.2, 0) is 13.6 Å². The third-order valence-corrected chi connectivity index (χ3v) is 6.96. The lowest BCUT2D eigenvalue weighted by molar-refractivity contribution is 0.0728. The molecule has 1 amide bonds. The molecule has 9 nitrogen and oxygen atoms in total. The van der Waals surface area contributed by atoms with Crippen molar-refractivity contribution in [2.45, 2.75) is 25.4 Å². The number of aromatic nitrogens is 5. The predicted octanol–water partition coefficient (Wildman–Crippen LogP) is 4.22. The number of benzene rings is 1. The van der Waals surface area contributed by atoms with Crippen LogP contribution in [0.4, 0.5) is 5.82 Å². The molecule has 4 heterocycles. The van der Waals surface area contributed by atoms with Crippen molar-refractivity contribution < 1.29 is 4.79 Å². The summed E-state index contributed by atoms with van der Waals surface area (Å²) in [7, 11) is 1.83. The number of rotatable bonds is 4. The molecule has 0 saturated heterocycles. The van der Waals surface area contributed by atoms with Crippen LogP contribution >= 0.6 is 11.6 Å². The van der Waals surface area contributed by atoms with Crippen molar-refractivity contribution >= 4 is 45.1 Å². The number of amides is 1. The average molecular weight is 533 g/mol. The number of carbonyl (C=O) groups excluding carboxylic acids is 1. The minimum Gasteiger partial charge on any atom is -0.383 e. The van der Waals surface area contributed by atoms with Gasteiger partial charge in [-0.05, 0) is 43.2 Å². The third-order valence-electron chi connectivity index (χ3n) is 6.65. The Balaban J connectivity index is 1.27. The number of pyridine rings is 3. The van der Waals surface area contributed by atoms with Gasteiger partial charge in [-0.25, -0.2) is 4.98 Å². The Morgan fingerprint density at radius 3 is 2.64 bits per heavy atom. The van der Waals surface area contributed by atoms with Crippen LogP contribution in [0.5, 0.6) is 0 Å². The van der Waals surface area contributed by atoms with E-state index < -0.39 is 0 Å². The first-order valence-electron chi connectivity index (χ1n) is 12.2. The molecular formula is C29H21ClN8O. The van der Waals surface area contributed by atoms with Gasteiger partial charge in [-0.2, -0.15) is 10.4 Å². The monoisotopic (exact) mass is 532 g/mol. The van der Waals surface area contributed by atoms with Gasteiger partial charge >= 0.3 is 0 Å². The van der Waals surface area contributed by atoms with Crippen molar-refractivity contribution in [1.29, 1.82) is 5.26 Å². The molecule has 0 spiro atoms. The molecule has 0 atom stereocenters. The van der Waals surface area contributed by atoms with Crippen LogP contribution in [0.25, 0.3) is 21.8 Å². The molecule has 1 aliphatic rings. The van der Waals surface area contributed by atoms with Gasteiger partial charge in [-0.15, -0.1) is 0 Å². The zero-order valence-electron chi connectivity index (χ0n) is 20.9. The molecule has 5 aromatic rings. The molecule has 0 aliphatic heterocycles. The van der Waals surface area contributed by atoms with Gasteiger partial charge in [0.25, 0.3) is 5.91 Å². The Bertz CT molecular complexity index is 1870. The fraction of sp³-hybridized carbons (Fsp3) is 0.172. The van der Waals surface area contributed by atoms with Gasteiger partial charge in [0.05, 0.1) is 51.0 Å². The van der Waals surface area contributed by atoms with Crippen molar-refractivity contribution in [3.05, 3.63) is 88.1 Å². The molecule has 0 bridgehead atoms. The van der Waals surface area contributed by atoms with Crippen LogP contribution in [0.3, 0.4) is 0 Å². The molecule has 1 aliphatic carbocycles. The third kappa shape index (κ3) is 4.72. The number of carbonyl (C=O) groups is 1.